The summed E-state index contributed by atoms with van der Waals surface area (Å²) in [5, 5.41) is 0. The van der Waals surface area contributed by atoms with Crippen LogP contribution in [0.4, 0.5) is 0 Å². The molecule has 4 aromatic carbocycles. The average Bonchev–Trinajstić information content (AvgIpc) is 3.07. The summed E-state index contributed by atoms with van der Waals surface area (Å²) in [4.78, 5) is 0. The topological polar surface area (TPSA) is 0 Å². The van der Waals surface area contributed by atoms with E-state index in [-0.39, 0.29) is 0 Å². The minimum absolute atomic E-state index is 0.899. The molecular weight excluding hydrogens is 504 g/mol. The lowest BCUT2D eigenvalue weighted by Gasteiger charge is -1.98. The molecule has 0 heteroatoms. The summed E-state index contributed by atoms with van der Waals surface area (Å²) in [7, 11) is 0. The Kier molecular flexibility index (Phi) is 18.9. The van der Waals surface area contributed by atoms with Crippen molar-refractivity contribution in [2.75, 3.05) is 0 Å². The van der Waals surface area contributed by atoms with Gasteiger partial charge in [-0.05, 0) is 96.1 Å². The van der Waals surface area contributed by atoms with Crippen LogP contribution in [0, 0.1) is 71.0 Å². The molecule has 0 heterocycles. The molecule has 0 radical (unpaired) electrons. The van der Waals surface area contributed by atoms with Crippen LogP contribution in [0.2, 0.25) is 0 Å². The Morgan fingerprint density at radius 1 is 0.262 bits per heavy atom. The van der Waals surface area contributed by atoms with Crippen LogP contribution in [-0.4, -0.2) is 0 Å². The molecule has 0 saturated carbocycles. The maximum atomic E-state index is 3.25. The van der Waals surface area contributed by atoms with Gasteiger partial charge in [0, 0.05) is 33.4 Å². The normalized spacial score (nSPS) is 7.57. The highest BCUT2D eigenvalue weighted by molar-refractivity contribution is 5.55. The van der Waals surface area contributed by atoms with E-state index in [1.165, 1.54) is 0 Å². The lowest BCUT2D eigenvalue weighted by atomic mass is 10.0. The van der Waals surface area contributed by atoms with E-state index in [9.17, 15) is 0 Å². The van der Waals surface area contributed by atoms with Gasteiger partial charge in [0.25, 0.3) is 0 Å². The van der Waals surface area contributed by atoms with Gasteiger partial charge in [-0.2, -0.15) is 0 Å². The third-order valence-corrected chi connectivity index (χ3v) is 5.06. The molecule has 0 amide bonds. The van der Waals surface area contributed by atoms with Gasteiger partial charge in [0.05, 0.1) is 0 Å². The molecule has 4 rings (SSSR count). The second-order valence-corrected chi connectivity index (χ2v) is 8.15. The van der Waals surface area contributed by atoms with Crippen LogP contribution in [0.15, 0.2) is 109 Å². The molecule has 42 heavy (non-hydrogen) atoms. The zero-order valence-electron chi connectivity index (χ0n) is 25.4. The summed E-state index contributed by atoms with van der Waals surface area (Å²) < 4.78 is 0. The zero-order chi connectivity index (χ0) is 30.7. The predicted molar refractivity (Wildman–Crippen MR) is 181 cm³/mol. The van der Waals surface area contributed by atoms with Crippen LogP contribution in [-0.2, 0) is 0 Å². The van der Waals surface area contributed by atoms with Crippen molar-refractivity contribution < 1.29 is 0 Å². The van der Waals surface area contributed by atoms with E-state index < -0.39 is 0 Å². The fourth-order valence-electron chi connectivity index (χ4n) is 2.84. The van der Waals surface area contributed by atoms with Gasteiger partial charge in [0.2, 0.25) is 0 Å². The minimum Gasteiger partial charge on any atom is -0.107 e. The third kappa shape index (κ3) is 16.3. The molecular formula is C42H36. The molecule has 0 spiro atoms. The van der Waals surface area contributed by atoms with Crippen molar-refractivity contribution in [2.45, 2.75) is 41.5 Å². The molecule has 0 aliphatic carbocycles. The first-order valence-electron chi connectivity index (χ1n) is 13.5. The first-order chi connectivity index (χ1) is 20.6. The summed E-state index contributed by atoms with van der Waals surface area (Å²) in [6.45, 7) is 10.9. The number of hydrogen-bond donors (Lipinski definition) is 0. The standard InChI is InChI=1S/C30H18.3C4H6/c1-4-10-25(11-5-1)16-19-28-22-29(20-17-26-12-6-2-7-13-26)24-30(23-28)21-18-27-14-8-3-9-15-27;3*1-3-4-2/h1-15,22-24H;3*1-2H3. The molecule has 0 N–H and O–H groups in total. The Hall–Kier alpha value is -5.76. The summed E-state index contributed by atoms with van der Waals surface area (Å²) in [6.07, 6.45) is 0. The van der Waals surface area contributed by atoms with Gasteiger partial charge in [-0.25, -0.2) is 0 Å². The zero-order valence-corrected chi connectivity index (χ0v) is 25.4. The van der Waals surface area contributed by atoms with Gasteiger partial charge in [0.1, 0.15) is 0 Å². The van der Waals surface area contributed by atoms with Gasteiger partial charge < -0.3 is 0 Å². The number of hydrogen-bond acceptors (Lipinski definition) is 0. The van der Waals surface area contributed by atoms with Gasteiger partial charge >= 0.3 is 0 Å². The van der Waals surface area contributed by atoms with E-state index in [2.05, 4.69) is 71.0 Å². The van der Waals surface area contributed by atoms with Gasteiger partial charge in [-0.3, -0.25) is 0 Å². The summed E-state index contributed by atoms with van der Waals surface area (Å²) in [5.74, 6) is 35.5. The van der Waals surface area contributed by atoms with Crippen LogP contribution in [0.1, 0.15) is 74.9 Å². The molecule has 0 bridgehead atoms. The molecule has 0 nitrogen and oxygen atoms in total. The Morgan fingerprint density at radius 3 is 0.643 bits per heavy atom. The Balaban J connectivity index is 0.000000627. The summed E-state index contributed by atoms with van der Waals surface area (Å²) in [5.41, 5.74) is 5.64. The average molecular weight is 541 g/mol. The largest absolute Gasteiger partial charge is 0.107 e. The summed E-state index contributed by atoms with van der Waals surface area (Å²) >= 11 is 0. The van der Waals surface area contributed by atoms with E-state index in [1.807, 2.05) is 151 Å². The Morgan fingerprint density at radius 2 is 0.452 bits per heavy atom. The second kappa shape index (κ2) is 23.2. The van der Waals surface area contributed by atoms with Crippen molar-refractivity contribution in [3.05, 3.63) is 143 Å². The van der Waals surface area contributed by atoms with Gasteiger partial charge in [0.15, 0.2) is 0 Å². The lowest BCUT2D eigenvalue weighted by molar-refractivity contribution is 1.55. The second-order valence-electron chi connectivity index (χ2n) is 8.15. The predicted octanol–water partition coefficient (Wildman–Crippen LogP) is 8.97. The van der Waals surface area contributed by atoms with E-state index in [4.69, 9.17) is 0 Å². The van der Waals surface area contributed by atoms with Crippen molar-refractivity contribution >= 4 is 0 Å². The van der Waals surface area contributed by atoms with Crippen LogP contribution >= 0.6 is 0 Å². The lowest BCUT2D eigenvalue weighted by Crippen LogP contribution is -1.85. The van der Waals surface area contributed by atoms with Crippen molar-refractivity contribution in [3.63, 3.8) is 0 Å². The first kappa shape index (κ1) is 34.3. The molecule has 0 aliphatic rings. The molecule has 0 saturated heterocycles. The van der Waals surface area contributed by atoms with Crippen LogP contribution < -0.4 is 0 Å². The summed E-state index contributed by atoms with van der Waals surface area (Å²) in [6, 6.07) is 36.0. The smallest absolute Gasteiger partial charge is 0.0273 e. The van der Waals surface area contributed by atoms with E-state index in [0.717, 1.165) is 33.4 Å². The minimum atomic E-state index is 0.899. The van der Waals surface area contributed by atoms with Crippen LogP contribution in [0.25, 0.3) is 0 Å². The highest BCUT2D eigenvalue weighted by atomic mass is 14.0. The maximum Gasteiger partial charge on any atom is 0.0273 e. The van der Waals surface area contributed by atoms with E-state index in [1.54, 1.807) is 0 Å². The van der Waals surface area contributed by atoms with Gasteiger partial charge in [-0.1, -0.05) is 90.1 Å². The number of rotatable bonds is 0. The van der Waals surface area contributed by atoms with E-state index in [0.29, 0.717) is 0 Å². The molecule has 0 aliphatic heterocycles. The highest BCUT2D eigenvalue weighted by Crippen LogP contribution is 2.10. The molecule has 0 unspecified atom stereocenters. The number of benzene rings is 4. The SMILES string of the molecule is C(#Cc1cc(C#Cc2ccccc2)cc(C#Cc2ccccc2)c1)c1ccccc1.CC#CC.CC#CC.CC#CC. The molecule has 204 valence electrons. The highest BCUT2D eigenvalue weighted by Gasteiger charge is 1.97. The quantitative estimate of drug-likeness (QED) is 0.195. The van der Waals surface area contributed by atoms with Crippen LogP contribution in [0.3, 0.4) is 0 Å². The fourth-order valence-corrected chi connectivity index (χ4v) is 2.84. The Labute approximate surface area is 254 Å². The first-order valence-corrected chi connectivity index (χ1v) is 13.5. The molecule has 0 fully saturated rings. The van der Waals surface area contributed by atoms with Gasteiger partial charge in [-0.15, -0.1) is 35.5 Å². The molecule has 0 aromatic heterocycles. The van der Waals surface area contributed by atoms with Crippen molar-refractivity contribution in [2.24, 2.45) is 0 Å². The monoisotopic (exact) mass is 540 g/mol. The van der Waals surface area contributed by atoms with Crippen molar-refractivity contribution in [3.8, 4) is 71.0 Å². The Bertz CT molecular complexity index is 1480. The van der Waals surface area contributed by atoms with Crippen molar-refractivity contribution in [1.29, 1.82) is 0 Å². The van der Waals surface area contributed by atoms with Crippen LogP contribution in [0.5, 0.6) is 0 Å². The maximum absolute atomic E-state index is 3.25. The van der Waals surface area contributed by atoms with Crippen molar-refractivity contribution in [1.82, 2.24) is 0 Å². The van der Waals surface area contributed by atoms with E-state index >= 15 is 0 Å². The fraction of sp³-hybridized carbons (Fsp3) is 0.143. The third-order valence-electron chi connectivity index (χ3n) is 5.06. The molecule has 0 atom stereocenters. The molecule has 4 aromatic rings.